The molecule has 6 nitrogen and oxygen atoms in total. The van der Waals surface area contributed by atoms with Gasteiger partial charge in [0.1, 0.15) is 11.6 Å². The highest BCUT2D eigenvalue weighted by Crippen LogP contribution is 2.39. The Balaban J connectivity index is 0.000000785. The summed E-state index contributed by atoms with van der Waals surface area (Å²) in [6.45, 7) is 1.05. The third kappa shape index (κ3) is 5.97. The number of pyridine rings is 1. The van der Waals surface area contributed by atoms with Gasteiger partial charge in [-0.05, 0) is 41.1 Å². The first-order valence-electron chi connectivity index (χ1n) is 9.38. The van der Waals surface area contributed by atoms with Crippen molar-refractivity contribution in [2.45, 2.75) is 26.4 Å². The molecule has 2 aromatic carbocycles. The molecular formula is C22H26F2N4O2S. The maximum Gasteiger partial charge on any atom is 0.387 e. The molecule has 0 bridgehead atoms. The largest absolute Gasteiger partial charge is 0.435 e. The fourth-order valence-corrected chi connectivity index (χ4v) is 3.11. The summed E-state index contributed by atoms with van der Waals surface area (Å²) in [4.78, 5) is 4.54. The second-order valence-corrected chi connectivity index (χ2v) is 8.71. The molecule has 3 aromatic rings. The van der Waals surface area contributed by atoms with E-state index in [0.717, 1.165) is 16.6 Å². The lowest BCUT2D eigenvalue weighted by molar-refractivity contribution is -0.0498. The minimum Gasteiger partial charge on any atom is -0.435 e. The Hall–Kier alpha value is -3.07. The van der Waals surface area contributed by atoms with E-state index in [2.05, 4.69) is 9.72 Å². The highest BCUT2D eigenvalue weighted by atomic mass is 32.2. The van der Waals surface area contributed by atoms with Gasteiger partial charge in [-0.3, -0.25) is 4.21 Å². The van der Waals surface area contributed by atoms with Crippen molar-refractivity contribution in [3.8, 4) is 16.9 Å². The average molecular weight is 449 g/mol. The number of anilines is 2. The lowest BCUT2D eigenvalue weighted by Crippen LogP contribution is -2.05. The molecule has 5 N–H and O–H groups in total. The van der Waals surface area contributed by atoms with Gasteiger partial charge in [-0.2, -0.15) is 8.78 Å². The molecule has 0 atom stereocenters. The summed E-state index contributed by atoms with van der Waals surface area (Å²) in [5.41, 5.74) is 15.3. The van der Waals surface area contributed by atoms with Gasteiger partial charge in [0.2, 0.25) is 0 Å². The number of aromatic nitrogens is 1. The zero-order chi connectivity index (χ0) is 23.3. The summed E-state index contributed by atoms with van der Waals surface area (Å²) in [5.74, 6) is 0.429. The van der Waals surface area contributed by atoms with Crippen LogP contribution >= 0.6 is 0 Å². The van der Waals surface area contributed by atoms with Crippen molar-refractivity contribution < 1.29 is 17.7 Å². The second kappa shape index (κ2) is 10.3. The Morgan fingerprint density at radius 3 is 2.32 bits per heavy atom. The summed E-state index contributed by atoms with van der Waals surface area (Å²) in [5, 5.41) is 8.99. The van der Waals surface area contributed by atoms with Gasteiger partial charge in [0.05, 0.1) is 5.69 Å². The third-order valence-electron chi connectivity index (χ3n) is 4.32. The molecule has 0 unspecified atom stereocenters. The Morgan fingerprint density at radius 2 is 1.77 bits per heavy atom. The van der Waals surface area contributed by atoms with Gasteiger partial charge in [0.25, 0.3) is 0 Å². The Morgan fingerprint density at radius 1 is 1.13 bits per heavy atom. The number of nitrogen functional groups attached to an aromatic ring is 2. The number of hydrogen-bond donors (Lipinski definition) is 3. The molecule has 0 spiro atoms. The minimum atomic E-state index is -2.91. The minimum absolute atomic E-state index is 0.0346. The summed E-state index contributed by atoms with van der Waals surface area (Å²) in [7, 11) is -0.611. The number of alkyl halides is 2. The fourth-order valence-electron chi connectivity index (χ4n) is 3.11. The Labute approximate surface area is 182 Å². The first-order valence-corrected chi connectivity index (χ1v) is 11.3. The first kappa shape index (κ1) is 24.2. The Kier molecular flexibility index (Phi) is 8.04. The van der Waals surface area contributed by atoms with E-state index in [1.54, 1.807) is 42.8 Å². The second-order valence-electron chi connectivity index (χ2n) is 7.23. The average Bonchev–Trinajstić information content (AvgIpc) is 2.67. The van der Waals surface area contributed by atoms with Crippen LogP contribution < -0.4 is 16.2 Å². The van der Waals surface area contributed by atoms with Gasteiger partial charge in [-0.25, -0.2) is 4.98 Å². The van der Waals surface area contributed by atoms with Crippen molar-refractivity contribution >= 4 is 39.3 Å². The number of benzene rings is 2. The quantitative estimate of drug-likeness (QED) is 0.384. The highest BCUT2D eigenvalue weighted by Gasteiger charge is 2.19. The van der Waals surface area contributed by atoms with E-state index >= 15 is 0 Å². The number of nitrogens with zero attached hydrogens (tertiary/aromatic N) is 1. The molecule has 1 heterocycles. The molecule has 0 saturated heterocycles. The van der Waals surface area contributed by atoms with E-state index in [1.165, 1.54) is 12.3 Å². The van der Waals surface area contributed by atoms with Crippen molar-refractivity contribution in [1.29, 1.82) is 5.41 Å². The summed E-state index contributed by atoms with van der Waals surface area (Å²) >= 11 is 0. The van der Waals surface area contributed by atoms with E-state index < -0.39 is 17.4 Å². The van der Waals surface area contributed by atoms with Crippen molar-refractivity contribution in [2.24, 2.45) is 0 Å². The maximum absolute atomic E-state index is 12.6. The van der Waals surface area contributed by atoms with Crippen LogP contribution in [-0.4, -0.2) is 34.5 Å². The number of halogens is 2. The molecule has 0 aliphatic heterocycles. The zero-order valence-corrected chi connectivity index (χ0v) is 18.6. The van der Waals surface area contributed by atoms with E-state index in [-0.39, 0.29) is 11.7 Å². The number of rotatable bonds is 5. The predicted molar refractivity (Wildman–Crippen MR) is 125 cm³/mol. The van der Waals surface area contributed by atoms with E-state index in [1.807, 2.05) is 13.8 Å². The van der Waals surface area contributed by atoms with Crippen LogP contribution in [0.4, 0.5) is 20.3 Å². The molecule has 0 aliphatic rings. The van der Waals surface area contributed by atoms with Gasteiger partial charge in [-0.1, -0.05) is 26.0 Å². The van der Waals surface area contributed by atoms with Crippen LogP contribution in [0, 0.1) is 5.41 Å². The monoisotopic (exact) mass is 448 g/mol. The SMILES string of the molecule is CC(C)c1nc(N)c2cc(N)c(C=N)cc2c1-c1cccc(OC(F)F)c1.CS(C)=O. The van der Waals surface area contributed by atoms with Crippen molar-refractivity contribution in [1.82, 2.24) is 4.98 Å². The van der Waals surface area contributed by atoms with Gasteiger partial charge in [0.15, 0.2) is 0 Å². The van der Waals surface area contributed by atoms with Crippen LogP contribution in [-0.2, 0) is 10.8 Å². The molecule has 0 fully saturated rings. The lowest BCUT2D eigenvalue weighted by atomic mass is 9.91. The summed E-state index contributed by atoms with van der Waals surface area (Å²) < 4.78 is 39.3. The van der Waals surface area contributed by atoms with E-state index in [9.17, 15) is 13.0 Å². The molecule has 166 valence electrons. The smallest absolute Gasteiger partial charge is 0.387 e. The normalized spacial score (nSPS) is 11.0. The molecule has 0 amide bonds. The van der Waals surface area contributed by atoms with Crippen LogP contribution in [0.5, 0.6) is 5.75 Å². The highest BCUT2D eigenvalue weighted by molar-refractivity contribution is 7.83. The number of fused-ring (bicyclic) bond motifs is 1. The molecule has 9 heteroatoms. The molecule has 1 aromatic heterocycles. The summed E-state index contributed by atoms with van der Waals surface area (Å²) in [6.07, 6.45) is 4.44. The van der Waals surface area contributed by atoms with Gasteiger partial charge < -0.3 is 21.6 Å². The zero-order valence-electron chi connectivity index (χ0n) is 17.8. The summed E-state index contributed by atoms with van der Waals surface area (Å²) in [6, 6.07) is 9.93. The topological polar surface area (TPSA) is 115 Å². The Bertz CT molecular complexity index is 1120. The van der Waals surface area contributed by atoms with Crippen LogP contribution in [0.2, 0.25) is 0 Å². The van der Waals surface area contributed by atoms with E-state index in [4.69, 9.17) is 16.9 Å². The predicted octanol–water partition coefficient (Wildman–Crippen LogP) is 4.78. The maximum atomic E-state index is 12.6. The molecular weight excluding hydrogens is 422 g/mol. The number of nitrogens with two attached hydrogens (primary N) is 2. The third-order valence-corrected chi connectivity index (χ3v) is 4.32. The first-order chi connectivity index (χ1) is 14.5. The number of nitrogens with one attached hydrogen (secondary N) is 1. The number of hydrogen-bond acceptors (Lipinski definition) is 6. The van der Waals surface area contributed by atoms with Crippen LogP contribution in [0.25, 0.3) is 21.9 Å². The van der Waals surface area contributed by atoms with Gasteiger partial charge in [-0.15, -0.1) is 0 Å². The van der Waals surface area contributed by atoms with Crippen molar-refractivity contribution in [3.63, 3.8) is 0 Å². The molecule has 0 aliphatic carbocycles. The molecule has 0 saturated carbocycles. The molecule has 31 heavy (non-hydrogen) atoms. The van der Waals surface area contributed by atoms with Gasteiger partial charge >= 0.3 is 6.61 Å². The van der Waals surface area contributed by atoms with Crippen LogP contribution in [0.15, 0.2) is 36.4 Å². The molecule has 3 rings (SSSR count). The standard InChI is InChI=1S/C20H20F2N4O.C2H6OS/c1-10(2)18-17(11-4-3-5-13(6-11)27-20(21)22)14-7-12(9-23)16(24)8-15(14)19(25)26-18;1-4(2)3/h3-10,20,23H,24H2,1-2H3,(H2,25,26);1-2H3. The lowest BCUT2D eigenvalue weighted by Gasteiger charge is -2.18. The van der Waals surface area contributed by atoms with Crippen LogP contribution in [0.3, 0.4) is 0 Å². The number of ether oxygens (including phenoxy) is 1. The van der Waals surface area contributed by atoms with Crippen molar-refractivity contribution in [2.75, 3.05) is 24.0 Å². The molecule has 0 radical (unpaired) electrons. The van der Waals surface area contributed by atoms with Gasteiger partial charge in [0, 0.05) is 51.7 Å². The van der Waals surface area contributed by atoms with E-state index in [0.29, 0.717) is 28.0 Å². The van der Waals surface area contributed by atoms with Crippen molar-refractivity contribution in [3.05, 3.63) is 47.7 Å². The fraction of sp³-hybridized carbons (Fsp3) is 0.273. The van der Waals surface area contributed by atoms with Crippen LogP contribution in [0.1, 0.15) is 31.0 Å².